The minimum absolute atomic E-state index is 0.143. The fraction of sp³-hybridized carbons (Fsp3) is 0.727. The van der Waals surface area contributed by atoms with Gasteiger partial charge in [-0.05, 0) is 43.4 Å². The first kappa shape index (κ1) is 6.88. The highest BCUT2D eigenvalue weighted by Gasteiger charge is 2.55. The number of aldehydes is 1. The van der Waals surface area contributed by atoms with Gasteiger partial charge in [0, 0.05) is 5.41 Å². The SMILES string of the molecule is O=CC1(C2CC3C=CC2C3)CC1. The molecule has 2 fully saturated rings. The van der Waals surface area contributed by atoms with Crippen LogP contribution in [0.4, 0.5) is 0 Å². The first-order valence-corrected chi connectivity index (χ1v) is 4.99. The zero-order valence-electron chi connectivity index (χ0n) is 7.20. The van der Waals surface area contributed by atoms with Crippen molar-refractivity contribution in [3.8, 4) is 0 Å². The van der Waals surface area contributed by atoms with E-state index in [9.17, 15) is 4.79 Å². The average molecular weight is 162 g/mol. The van der Waals surface area contributed by atoms with Gasteiger partial charge in [0.1, 0.15) is 6.29 Å². The summed E-state index contributed by atoms with van der Waals surface area (Å²) in [6, 6.07) is 0. The molecule has 3 atom stereocenters. The molecule has 2 saturated carbocycles. The van der Waals surface area contributed by atoms with Crippen LogP contribution in [0.2, 0.25) is 0 Å². The van der Waals surface area contributed by atoms with Gasteiger partial charge in [-0.1, -0.05) is 12.2 Å². The second-order valence-corrected chi connectivity index (χ2v) is 4.74. The third kappa shape index (κ3) is 0.720. The average Bonchev–Trinajstić information content (AvgIpc) is 2.62. The van der Waals surface area contributed by atoms with Crippen LogP contribution in [0.25, 0.3) is 0 Å². The summed E-state index contributed by atoms with van der Waals surface area (Å²) in [6.07, 6.45) is 10.9. The van der Waals surface area contributed by atoms with Crippen molar-refractivity contribution in [2.45, 2.75) is 25.7 Å². The normalized spacial score (nSPS) is 46.5. The Bertz CT molecular complexity index is 250. The van der Waals surface area contributed by atoms with Crippen molar-refractivity contribution < 1.29 is 4.79 Å². The van der Waals surface area contributed by atoms with Crippen LogP contribution in [0.1, 0.15) is 25.7 Å². The number of hydrogen-bond donors (Lipinski definition) is 0. The summed E-state index contributed by atoms with van der Waals surface area (Å²) >= 11 is 0. The molecule has 1 heteroatoms. The molecule has 0 aromatic heterocycles. The highest BCUT2D eigenvalue weighted by atomic mass is 16.1. The maximum atomic E-state index is 10.9. The van der Waals surface area contributed by atoms with Gasteiger partial charge in [0.25, 0.3) is 0 Å². The highest BCUT2D eigenvalue weighted by molar-refractivity contribution is 5.64. The van der Waals surface area contributed by atoms with Gasteiger partial charge < -0.3 is 4.79 Å². The predicted octanol–water partition coefficient (Wildman–Crippen LogP) is 2.18. The van der Waals surface area contributed by atoms with E-state index in [4.69, 9.17) is 0 Å². The molecule has 0 aromatic carbocycles. The van der Waals surface area contributed by atoms with E-state index >= 15 is 0 Å². The third-order valence-electron chi connectivity index (χ3n) is 4.08. The zero-order valence-corrected chi connectivity index (χ0v) is 7.20. The Balaban J connectivity index is 1.87. The van der Waals surface area contributed by atoms with Crippen LogP contribution < -0.4 is 0 Å². The Morgan fingerprint density at radius 3 is 2.50 bits per heavy atom. The summed E-state index contributed by atoms with van der Waals surface area (Å²) < 4.78 is 0. The number of allylic oxidation sites excluding steroid dienone is 2. The molecule has 0 aromatic rings. The Hall–Kier alpha value is -0.590. The van der Waals surface area contributed by atoms with Crippen LogP contribution in [-0.2, 0) is 4.79 Å². The standard InChI is InChI=1S/C11H14O/c12-7-11(3-4-11)10-6-8-1-2-9(10)5-8/h1-2,7-10H,3-6H2. The number of carbonyl (C=O) groups is 1. The molecule has 2 bridgehead atoms. The van der Waals surface area contributed by atoms with Crippen LogP contribution in [0, 0.1) is 23.2 Å². The molecule has 3 rings (SSSR count). The topological polar surface area (TPSA) is 17.1 Å². The van der Waals surface area contributed by atoms with Gasteiger partial charge in [0.05, 0.1) is 0 Å². The van der Waals surface area contributed by atoms with Crippen LogP contribution in [-0.4, -0.2) is 6.29 Å². The predicted molar refractivity (Wildman–Crippen MR) is 46.6 cm³/mol. The van der Waals surface area contributed by atoms with E-state index in [2.05, 4.69) is 12.2 Å². The number of rotatable bonds is 2. The van der Waals surface area contributed by atoms with Crippen LogP contribution in [0.15, 0.2) is 12.2 Å². The van der Waals surface area contributed by atoms with E-state index in [-0.39, 0.29) is 5.41 Å². The largest absolute Gasteiger partial charge is 0.303 e. The minimum Gasteiger partial charge on any atom is -0.303 e. The Morgan fingerprint density at radius 1 is 1.25 bits per heavy atom. The van der Waals surface area contributed by atoms with E-state index < -0.39 is 0 Å². The highest BCUT2D eigenvalue weighted by Crippen LogP contribution is 2.60. The summed E-state index contributed by atoms with van der Waals surface area (Å²) in [5.41, 5.74) is 0.143. The monoisotopic (exact) mass is 162 g/mol. The molecule has 64 valence electrons. The second-order valence-electron chi connectivity index (χ2n) is 4.74. The molecule has 0 heterocycles. The fourth-order valence-corrected chi connectivity index (χ4v) is 3.16. The lowest BCUT2D eigenvalue weighted by atomic mass is 9.80. The molecule has 12 heavy (non-hydrogen) atoms. The van der Waals surface area contributed by atoms with Crippen molar-refractivity contribution in [3.63, 3.8) is 0 Å². The van der Waals surface area contributed by atoms with Gasteiger partial charge in [-0.3, -0.25) is 0 Å². The van der Waals surface area contributed by atoms with E-state index in [1.807, 2.05) is 0 Å². The summed E-state index contributed by atoms with van der Waals surface area (Å²) in [6.45, 7) is 0. The molecule has 3 unspecified atom stereocenters. The second kappa shape index (κ2) is 2.01. The molecule has 1 nitrogen and oxygen atoms in total. The summed E-state index contributed by atoms with van der Waals surface area (Å²) in [7, 11) is 0. The maximum absolute atomic E-state index is 10.9. The van der Waals surface area contributed by atoms with Gasteiger partial charge in [-0.15, -0.1) is 0 Å². The van der Waals surface area contributed by atoms with E-state index in [0.29, 0.717) is 5.92 Å². The van der Waals surface area contributed by atoms with E-state index in [1.165, 1.54) is 19.1 Å². The Labute approximate surface area is 72.8 Å². The van der Waals surface area contributed by atoms with Gasteiger partial charge in [0.2, 0.25) is 0 Å². The van der Waals surface area contributed by atoms with Crippen molar-refractivity contribution >= 4 is 6.29 Å². The number of carbonyl (C=O) groups excluding carboxylic acids is 1. The van der Waals surface area contributed by atoms with Crippen LogP contribution in [0.5, 0.6) is 0 Å². The maximum Gasteiger partial charge on any atom is 0.126 e. The van der Waals surface area contributed by atoms with Crippen molar-refractivity contribution in [2.75, 3.05) is 0 Å². The van der Waals surface area contributed by atoms with Crippen molar-refractivity contribution in [1.29, 1.82) is 0 Å². The third-order valence-corrected chi connectivity index (χ3v) is 4.08. The number of fused-ring (bicyclic) bond motifs is 2. The van der Waals surface area contributed by atoms with E-state index in [0.717, 1.165) is 24.7 Å². The molecule has 0 amide bonds. The van der Waals surface area contributed by atoms with Crippen molar-refractivity contribution in [1.82, 2.24) is 0 Å². The smallest absolute Gasteiger partial charge is 0.126 e. The molecule has 0 aliphatic heterocycles. The van der Waals surface area contributed by atoms with Crippen LogP contribution in [0.3, 0.4) is 0 Å². The summed E-state index contributed by atoms with van der Waals surface area (Å²) in [5.74, 6) is 2.28. The summed E-state index contributed by atoms with van der Waals surface area (Å²) in [5, 5.41) is 0. The fourth-order valence-electron chi connectivity index (χ4n) is 3.16. The molecule has 0 radical (unpaired) electrons. The van der Waals surface area contributed by atoms with Gasteiger partial charge in [-0.2, -0.15) is 0 Å². The quantitative estimate of drug-likeness (QED) is 0.449. The van der Waals surface area contributed by atoms with Crippen molar-refractivity contribution in [2.24, 2.45) is 23.2 Å². The molecule has 3 aliphatic rings. The molecular weight excluding hydrogens is 148 g/mol. The Kier molecular flexibility index (Phi) is 1.15. The molecular formula is C11H14O. The number of hydrogen-bond acceptors (Lipinski definition) is 1. The zero-order chi connectivity index (χ0) is 8.18. The van der Waals surface area contributed by atoms with Gasteiger partial charge >= 0.3 is 0 Å². The van der Waals surface area contributed by atoms with Gasteiger partial charge in [0.15, 0.2) is 0 Å². The molecule has 3 aliphatic carbocycles. The van der Waals surface area contributed by atoms with Gasteiger partial charge in [-0.25, -0.2) is 0 Å². The van der Waals surface area contributed by atoms with Crippen LogP contribution >= 0.6 is 0 Å². The molecule has 0 spiro atoms. The first-order chi connectivity index (χ1) is 5.84. The lowest BCUT2D eigenvalue weighted by molar-refractivity contribution is -0.114. The lowest BCUT2D eigenvalue weighted by Crippen LogP contribution is -2.21. The Morgan fingerprint density at radius 2 is 2.08 bits per heavy atom. The molecule has 0 saturated heterocycles. The lowest BCUT2D eigenvalue weighted by Gasteiger charge is -2.23. The molecule has 0 N–H and O–H groups in total. The van der Waals surface area contributed by atoms with E-state index in [1.54, 1.807) is 0 Å². The minimum atomic E-state index is 0.143. The summed E-state index contributed by atoms with van der Waals surface area (Å²) in [4.78, 5) is 10.9. The van der Waals surface area contributed by atoms with Crippen molar-refractivity contribution in [3.05, 3.63) is 12.2 Å². The first-order valence-electron chi connectivity index (χ1n) is 4.99.